The summed E-state index contributed by atoms with van der Waals surface area (Å²) in [5.41, 5.74) is 2.88. The lowest BCUT2D eigenvalue weighted by atomic mass is 10.0. The van der Waals surface area contributed by atoms with Crippen molar-refractivity contribution in [1.82, 2.24) is 4.98 Å². The Bertz CT molecular complexity index is 848. The van der Waals surface area contributed by atoms with Crippen LogP contribution in [0.4, 0.5) is 4.39 Å². The van der Waals surface area contributed by atoms with Crippen LogP contribution in [0.2, 0.25) is 15.1 Å². The number of benzene rings is 2. The lowest BCUT2D eigenvalue weighted by Gasteiger charge is -2.12. The van der Waals surface area contributed by atoms with E-state index in [9.17, 15) is 4.39 Å². The fourth-order valence-corrected chi connectivity index (χ4v) is 3.12. The van der Waals surface area contributed by atoms with E-state index in [-0.39, 0.29) is 10.0 Å². The van der Waals surface area contributed by atoms with E-state index in [4.69, 9.17) is 34.8 Å². The molecule has 0 N–H and O–H groups in total. The highest BCUT2D eigenvalue weighted by Crippen LogP contribution is 2.39. The first-order chi connectivity index (χ1) is 10.0. The van der Waals surface area contributed by atoms with Crippen LogP contribution in [-0.2, 0) is 0 Å². The quantitative estimate of drug-likeness (QED) is 0.473. The molecule has 5 heteroatoms. The van der Waals surface area contributed by atoms with Crippen LogP contribution in [0.25, 0.3) is 22.2 Å². The molecule has 0 saturated heterocycles. The van der Waals surface area contributed by atoms with Gasteiger partial charge in [0, 0.05) is 10.9 Å². The van der Waals surface area contributed by atoms with E-state index in [2.05, 4.69) is 4.98 Å². The average molecular weight is 341 g/mol. The van der Waals surface area contributed by atoms with E-state index in [1.807, 2.05) is 37.3 Å². The van der Waals surface area contributed by atoms with Crippen LogP contribution < -0.4 is 0 Å². The van der Waals surface area contributed by atoms with Crippen molar-refractivity contribution < 1.29 is 4.39 Å². The smallest absolute Gasteiger partial charge is 0.161 e. The van der Waals surface area contributed by atoms with Crippen molar-refractivity contribution in [2.75, 3.05) is 0 Å². The van der Waals surface area contributed by atoms with Crippen molar-refractivity contribution in [1.29, 1.82) is 0 Å². The molecule has 0 bridgehead atoms. The first-order valence-electron chi connectivity index (χ1n) is 6.19. The van der Waals surface area contributed by atoms with Crippen LogP contribution in [0.5, 0.6) is 0 Å². The standard InChI is InChI=1S/C16H9Cl3FN/c1-8-13(18)12-11(7-10(17)15(20)14(12)19)21-16(8)9-5-3-2-4-6-9/h2-7H,1H3. The third kappa shape index (κ3) is 2.38. The van der Waals surface area contributed by atoms with Crippen molar-refractivity contribution >= 4 is 45.7 Å². The van der Waals surface area contributed by atoms with E-state index < -0.39 is 5.82 Å². The minimum atomic E-state index is -0.679. The number of halogens is 4. The Morgan fingerprint density at radius 2 is 1.67 bits per heavy atom. The highest BCUT2D eigenvalue weighted by Gasteiger charge is 2.18. The Balaban J connectivity index is 2.41. The topological polar surface area (TPSA) is 12.9 Å². The summed E-state index contributed by atoms with van der Waals surface area (Å²) in [7, 11) is 0. The second kappa shape index (κ2) is 5.45. The van der Waals surface area contributed by atoms with Gasteiger partial charge in [0.15, 0.2) is 5.82 Å². The predicted molar refractivity (Wildman–Crippen MR) is 86.9 cm³/mol. The maximum atomic E-state index is 13.8. The largest absolute Gasteiger partial charge is 0.247 e. The van der Waals surface area contributed by atoms with Gasteiger partial charge in [0.05, 0.1) is 26.3 Å². The number of hydrogen-bond acceptors (Lipinski definition) is 1. The second-order valence-electron chi connectivity index (χ2n) is 4.65. The zero-order valence-electron chi connectivity index (χ0n) is 10.9. The molecule has 0 spiro atoms. The van der Waals surface area contributed by atoms with E-state index in [1.165, 1.54) is 6.07 Å². The van der Waals surface area contributed by atoms with Gasteiger partial charge in [0.2, 0.25) is 0 Å². The lowest BCUT2D eigenvalue weighted by molar-refractivity contribution is 0.630. The Labute approximate surface area is 136 Å². The molecule has 0 unspecified atom stereocenters. The lowest BCUT2D eigenvalue weighted by Crippen LogP contribution is -1.94. The van der Waals surface area contributed by atoms with E-state index >= 15 is 0 Å². The minimum absolute atomic E-state index is 0.0704. The Kier molecular flexibility index (Phi) is 3.78. The van der Waals surface area contributed by atoms with Crippen molar-refractivity contribution in [2.45, 2.75) is 6.92 Å². The van der Waals surface area contributed by atoms with Crippen LogP contribution >= 0.6 is 34.8 Å². The molecule has 0 aliphatic heterocycles. The minimum Gasteiger partial charge on any atom is -0.247 e. The van der Waals surface area contributed by atoms with Crippen LogP contribution in [0.3, 0.4) is 0 Å². The fourth-order valence-electron chi connectivity index (χ4n) is 2.25. The second-order valence-corrected chi connectivity index (χ2v) is 5.81. The monoisotopic (exact) mass is 339 g/mol. The van der Waals surface area contributed by atoms with Crippen molar-refractivity contribution in [3.8, 4) is 11.3 Å². The van der Waals surface area contributed by atoms with Crippen LogP contribution in [0.1, 0.15) is 5.56 Å². The number of fused-ring (bicyclic) bond motifs is 1. The average Bonchev–Trinajstić information content (AvgIpc) is 2.49. The molecular weight excluding hydrogens is 332 g/mol. The van der Waals surface area contributed by atoms with Crippen molar-refractivity contribution in [3.63, 3.8) is 0 Å². The first-order valence-corrected chi connectivity index (χ1v) is 7.33. The molecule has 3 rings (SSSR count). The zero-order chi connectivity index (χ0) is 15.1. The van der Waals surface area contributed by atoms with Gasteiger partial charge in [-0.1, -0.05) is 65.1 Å². The molecule has 21 heavy (non-hydrogen) atoms. The molecule has 2 aromatic carbocycles. The molecule has 3 aromatic rings. The molecule has 0 fully saturated rings. The van der Waals surface area contributed by atoms with Crippen LogP contribution in [0, 0.1) is 12.7 Å². The molecule has 0 aliphatic carbocycles. The molecule has 0 aliphatic rings. The molecule has 106 valence electrons. The van der Waals surface area contributed by atoms with Crippen molar-refractivity contribution in [2.24, 2.45) is 0 Å². The molecule has 0 amide bonds. The molecule has 0 radical (unpaired) electrons. The third-order valence-corrected chi connectivity index (χ3v) is 4.43. The maximum absolute atomic E-state index is 13.8. The molecular formula is C16H9Cl3FN. The van der Waals surface area contributed by atoms with Gasteiger partial charge < -0.3 is 0 Å². The van der Waals surface area contributed by atoms with Gasteiger partial charge in [-0.05, 0) is 18.6 Å². The molecule has 1 nitrogen and oxygen atoms in total. The third-order valence-electron chi connectivity index (χ3n) is 3.32. The Morgan fingerprint density at radius 3 is 2.33 bits per heavy atom. The summed E-state index contributed by atoms with van der Waals surface area (Å²) in [5, 5.41) is 0.605. The van der Waals surface area contributed by atoms with Gasteiger partial charge in [-0.2, -0.15) is 0 Å². The van der Waals surface area contributed by atoms with E-state index in [0.29, 0.717) is 15.9 Å². The predicted octanol–water partition coefficient (Wildman–Crippen LogP) is 6.31. The fraction of sp³-hybridized carbons (Fsp3) is 0.0625. The normalized spacial score (nSPS) is 11.1. The van der Waals surface area contributed by atoms with Gasteiger partial charge in [-0.15, -0.1) is 0 Å². The maximum Gasteiger partial charge on any atom is 0.161 e. The molecule has 0 atom stereocenters. The summed E-state index contributed by atoms with van der Waals surface area (Å²) in [6, 6.07) is 11.1. The molecule has 1 aromatic heterocycles. The van der Waals surface area contributed by atoms with Crippen molar-refractivity contribution in [3.05, 3.63) is 62.8 Å². The van der Waals surface area contributed by atoms with Crippen LogP contribution in [0.15, 0.2) is 36.4 Å². The van der Waals surface area contributed by atoms with Gasteiger partial charge >= 0.3 is 0 Å². The highest BCUT2D eigenvalue weighted by molar-refractivity contribution is 6.44. The van der Waals surface area contributed by atoms with Gasteiger partial charge in [-0.25, -0.2) is 9.37 Å². The van der Waals surface area contributed by atoms with E-state index in [1.54, 1.807) is 0 Å². The summed E-state index contributed by atoms with van der Waals surface area (Å²) in [4.78, 5) is 4.55. The SMILES string of the molecule is Cc1c(-c2ccccc2)nc2cc(Cl)c(F)c(Cl)c2c1Cl. The molecule has 1 heterocycles. The number of hydrogen-bond donors (Lipinski definition) is 0. The van der Waals surface area contributed by atoms with Crippen LogP contribution in [-0.4, -0.2) is 4.98 Å². The number of rotatable bonds is 1. The summed E-state index contributed by atoms with van der Waals surface area (Å²) in [5.74, 6) is -0.679. The number of pyridine rings is 1. The highest BCUT2D eigenvalue weighted by atomic mass is 35.5. The Morgan fingerprint density at radius 1 is 1.00 bits per heavy atom. The summed E-state index contributed by atoms with van der Waals surface area (Å²) < 4.78 is 13.8. The summed E-state index contributed by atoms with van der Waals surface area (Å²) >= 11 is 18.2. The summed E-state index contributed by atoms with van der Waals surface area (Å²) in [6.45, 7) is 1.83. The van der Waals surface area contributed by atoms with Gasteiger partial charge in [0.25, 0.3) is 0 Å². The zero-order valence-corrected chi connectivity index (χ0v) is 13.2. The van der Waals surface area contributed by atoms with Gasteiger partial charge in [0.1, 0.15) is 0 Å². The summed E-state index contributed by atoms with van der Waals surface area (Å²) in [6.07, 6.45) is 0. The first kappa shape index (κ1) is 14.6. The molecule has 0 saturated carbocycles. The number of aromatic nitrogens is 1. The van der Waals surface area contributed by atoms with E-state index in [0.717, 1.165) is 16.8 Å². The van der Waals surface area contributed by atoms with Gasteiger partial charge in [-0.3, -0.25) is 0 Å². The number of nitrogens with zero attached hydrogens (tertiary/aromatic N) is 1. The Hall–Kier alpha value is -1.35.